The lowest BCUT2D eigenvalue weighted by Gasteiger charge is -2.52. The second-order valence-electron chi connectivity index (χ2n) is 11.6. The number of likely N-dealkylation sites (tertiary alicyclic amines) is 1. The average Bonchev–Trinajstić information content (AvgIpc) is 2.93. The largest absolute Gasteiger partial charge is 0.494 e. The van der Waals surface area contributed by atoms with Crippen molar-refractivity contribution >= 4 is 17.8 Å². The zero-order chi connectivity index (χ0) is 27.9. The third-order valence-corrected chi connectivity index (χ3v) is 8.83. The maximum absolute atomic E-state index is 13.7. The zero-order valence-electron chi connectivity index (χ0n) is 23.3. The van der Waals surface area contributed by atoms with Crippen LogP contribution in [0.25, 0.3) is 0 Å². The summed E-state index contributed by atoms with van der Waals surface area (Å²) in [4.78, 5) is 42.5. The van der Waals surface area contributed by atoms with Crippen molar-refractivity contribution in [1.82, 2.24) is 15.1 Å². The van der Waals surface area contributed by atoms with Crippen LogP contribution in [0.1, 0.15) is 94.3 Å². The molecular formula is C30H45N3O6. The van der Waals surface area contributed by atoms with Crippen molar-refractivity contribution < 1.29 is 29.3 Å². The van der Waals surface area contributed by atoms with Crippen LogP contribution in [0.4, 0.5) is 0 Å². The molecule has 1 saturated carbocycles. The third-order valence-electron chi connectivity index (χ3n) is 8.83. The molecule has 0 unspecified atom stereocenters. The zero-order valence-corrected chi connectivity index (χ0v) is 23.3. The van der Waals surface area contributed by atoms with Gasteiger partial charge in [0.15, 0.2) is 0 Å². The molecule has 2 aliphatic heterocycles. The number of piperidine rings is 1. The van der Waals surface area contributed by atoms with E-state index in [9.17, 15) is 19.5 Å². The summed E-state index contributed by atoms with van der Waals surface area (Å²) in [5.41, 5.74) is -1.41. The van der Waals surface area contributed by atoms with Crippen LogP contribution in [0, 0.1) is 0 Å². The topological polar surface area (TPSA) is 119 Å². The molecule has 0 radical (unpaired) electrons. The number of aliphatic hydroxyl groups is 1. The van der Waals surface area contributed by atoms with Crippen LogP contribution in [0.15, 0.2) is 24.3 Å². The highest BCUT2D eigenvalue weighted by atomic mass is 16.5. The van der Waals surface area contributed by atoms with Gasteiger partial charge in [0.25, 0.3) is 0 Å². The number of piperazine rings is 1. The SMILES string of the molecule is CCCCN1C(=O)[C@@H](CC2(O)CCCCC2)NC(=O)C12CCN(CCCCOc1ccc(C(=O)O)cc1)CC2. The number of hydrogen-bond acceptors (Lipinski definition) is 6. The Hall–Kier alpha value is -2.65. The number of amides is 2. The normalized spacial score (nSPS) is 23.0. The number of nitrogens with zero attached hydrogens (tertiary/aromatic N) is 2. The van der Waals surface area contributed by atoms with Crippen LogP contribution in [-0.2, 0) is 9.59 Å². The molecule has 1 aliphatic carbocycles. The molecule has 2 heterocycles. The lowest BCUT2D eigenvalue weighted by molar-refractivity contribution is -0.163. The first-order chi connectivity index (χ1) is 18.8. The Bertz CT molecular complexity index is 983. The molecule has 0 aromatic heterocycles. The number of nitrogens with one attached hydrogen (secondary N) is 1. The Morgan fingerprint density at radius 2 is 1.69 bits per heavy atom. The van der Waals surface area contributed by atoms with Gasteiger partial charge in [-0.15, -0.1) is 0 Å². The van der Waals surface area contributed by atoms with Crippen LogP contribution in [0.3, 0.4) is 0 Å². The van der Waals surface area contributed by atoms with Crippen molar-refractivity contribution in [3.8, 4) is 5.75 Å². The molecule has 1 atom stereocenters. The van der Waals surface area contributed by atoms with Gasteiger partial charge in [-0.25, -0.2) is 4.79 Å². The maximum Gasteiger partial charge on any atom is 0.335 e. The first-order valence-electron chi connectivity index (χ1n) is 14.8. The van der Waals surface area contributed by atoms with Gasteiger partial charge in [-0.05, 0) is 75.8 Å². The standard InChI is InChI=1S/C30H45N3O6/c1-2-3-18-33-26(34)25(22-29(38)13-5-4-6-14-29)31-28(37)30(33)15-19-32(20-16-30)17-7-8-21-39-24-11-9-23(10-12-24)27(35)36/h9-12,25,38H,2-8,13-22H2,1H3,(H,31,37)(H,35,36)/t25-/m1/s1. The van der Waals surface area contributed by atoms with Gasteiger partial charge in [0, 0.05) is 26.1 Å². The Kier molecular flexibility index (Phi) is 9.88. The van der Waals surface area contributed by atoms with Crippen molar-refractivity contribution in [2.75, 3.05) is 32.8 Å². The fourth-order valence-electron chi connectivity index (χ4n) is 6.41. The second kappa shape index (κ2) is 13.1. The Balaban J connectivity index is 1.27. The van der Waals surface area contributed by atoms with Crippen LogP contribution in [0.5, 0.6) is 5.75 Å². The smallest absolute Gasteiger partial charge is 0.335 e. The van der Waals surface area contributed by atoms with E-state index in [4.69, 9.17) is 9.84 Å². The molecule has 216 valence electrons. The molecule has 3 fully saturated rings. The molecule has 9 heteroatoms. The Morgan fingerprint density at radius 1 is 1.00 bits per heavy atom. The van der Waals surface area contributed by atoms with E-state index in [-0.39, 0.29) is 17.4 Å². The number of unbranched alkanes of at least 4 members (excludes halogenated alkanes) is 2. The summed E-state index contributed by atoms with van der Waals surface area (Å²) in [6.45, 7) is 5.66. The van der Waals surface area contributed by atoms with Gasteiger partial charge >= 0.3 is 5.97 Å². The molecule has 2 amide bonds. The van der Waals surface area contributed by atoms with E-state index in [1.54, 1.807) is 12.1 Å². The van der Waals surface area contributed by atoms with E-state index in [0.717, 1.165) is 64.6 Å². The summed E-state index contributed by atoms with van der Waals surface area (Å²) in [5.74, 6) is -0.367. The summed E-state index contributed by atoms with van der Waals surface area (Å²) >= 11 is 0. The van der Waals surface area contributed by atoms with E-state index in [2.05, 4.69) is 17.1 Å². The summed E-state index contributed by atoms with van der Waals surface area (Å²) < 4.78 is 5.74. The Morgan fingerprint density at radius 3 is 2.33 bits per heavy atom. The lowest BCUT2D eigenvalue weighted by Crippen LogP contribution is -2.73. The quantitative estimate of drug-likeness (QED) is 0.345. The maximum atomic E-state index is 13.7. The van der Waals surface area contributed by atoms with Crippen LogP contribution in [-0.4, -0.2) is 87.8 Å². The van der Waals surface area contributed by atoms with Crippen LogP contribution in [0.2, 0.25) is 0 Å². The average molecular weight is 544 g/mol. The number of carboxylic acid groups (broad SMARTS) is 1. The predicted molar refractivity (Wildman–Crippen MR) is 148 cm³/mol. The van der Waals surface area contributed by atoms with Gasteiger partial charge in [0.2, 0.25) is 11.8 Å². The molecule has 9 nitrogen and oxygen atoms in total. The minimum atomic E-state index is -0.953. The summed E-state index contributed by atoms with van der Waals surface area (Å²) in [7, 11) is 0. The third kappa shape index (κ3) is 7.11. The molecule has 1 spiro atoms. The van der Waals surface area contributed by atoms with Gasteiger partial charge in [0.1, 0.15) is 17.3 Å². The summed E-state index contributed by atoms with van der Waals surface area (Å²) in [6.07, 6.45) is 9.64. The molecule has 3 aliphatic rings. The molecule has 3 N–H and O–H groups in total. The number of carbonyl (C=O) groups excluding carboxylic acids is 2. The van der Waals surface area contributed by atoms with Gasteiger partial charge in [-0.3, -0.25) is 9.59 Å². The fourth-order valence-corrected chi connectivity index (χ4v) is 6.41. The fraction of sp³-hybridized carbons (Fsp3) is 0.700. The summed E-state index contributed by atoms with van der Waals surface area (Å²) in [5, 5.41) is 23.1. The molecule has 0 bridgehead atoms. The van der Waals surface area contributed by atoms with E-state index >= 15 is 0 Å². The highest BCUT2D eigenvalue weighted by molar-refractivity contribution is 6.00. The van der Waals surface area contributed by atoms with Gasteiger partial charge in [-0.2, -0.15) is 0 Å². The Labute approximate surface area is 231 Å². The van der Waals surface area contributed by atoms with Crippen molar-refractivity contribution in [2.24, 2.45) is 0 Å². The van der Waals surface area contributed by atoms with Crippen molar-refractivity contribution in [3.05, 3.63) is 29.8 Å². The number of hydrogen-bond donors (Lipinski definition) is 3. The molecule has 1 aromatic carbocycles. The molecule has 39 heavy (non-hydrogen) atoms. The van der Waals surface area contributed by atoms with Gasteiger partial charge < -0.3 is 30.1 Å². The van der Waals surface area contributed by atoms with Gasteiger partial charge in [-0.1, -0.05) is 32.6 Å². The highest BCUT2D eigenvalue weighted by Crippen LogP contribution is 2.37. The number of aromatic carboxylic acids is 1. The predicted octanol–water partition coefficient (Wildman–Crippen LogP) is 3.59. The van der Waals surface area contributed by atoms with Crippen LogP contribution < -0.4 is 10.1 Å². The second-order valence-corrected chi connectivity index (χ2v) is 11.6. The number of ether oxygens (including phenoxy) is 1. The number of rotatable bonds is 12. The minimum Gasteiger partial charge on any atom is -0.494 e. The van der Waals surface area contributed by atoms with E-state index < -0.39 is 23.2 Å². The van der Waals surface area contributed by atoms with Crippen LogP contribution >= 0.6 is 0 Å². The highest BCUT2D eigenvalue weighted by Gasteiger charge is 2.54. The van der Waals surface area contributed by atoms with E-state index in [0.29, 0.717) is 51.0 Å². The molecular weight excluding hydrogens is 498 g/mol. The van der Waals surface area contributed by atoms with Crippen molar-refractivity contribution in [1.29, 1.82) is 0 Å². The van der Waals surface area contributed by atoms with Crippen molar-refractivity contribution in [3.63, 3.8) is 0 Å². The molecule has 2 saturated heterocycles. The van der Waals surface area contributed by atoms with Gasteiger partial charge in [0.05, 0.1) is 17.8 Å². The molecule has 4 rings (SSSR count). The lowest BCUT2D eigenvalue weighted by atomic mass is 9.77. The number of carboxylic acids is 1. The number of benzene rings is 1. The summed E-state index contributed by atoms with van der Waals surface area (Å²) in [6, 6.07) is 5.79. The first-order valence-corrected chi connectivity index (χ1v) is 14.8. The van der Waals surface area contributed by atoms with Crippen molar-refractivity contribution in [2.45, 2.75) is 101 Å². The van der Waals surface area contributed by atoms with E-state index in [1.165, 1.54) is 12.1 Å². The minimum absolute atomic E-state index is 0.0240. The number of carbonyl (C=O) groups is 3. The molecule has 1 aromatic rings. The first kappa shape index (κ1) is 29.3. The van der Waals surface area contributed by atoms with E-state index in [1.807, 2.05) is 4.90 Å². The monoisotopic (exact) mass is 543 g/mol.